The number of aliphatic hydroxyl groups excluding tert-OH is 1. The van der Waals surface area contributed by atoms with Gasteiger partial charge in [-0.3, -0.25) is 4.98 Å². The summed E-state index contributed by atoms with van der Waals surface area (Å²) in [4.78, 5) is 26.6. The van der Waals surface area contributed by atoms with Gasteiger partial charge in [-0.25, -0.2) is 27.9 Å². The predicted molar refractivity (Wildman–Crippen MR) is 164 cm³/mol. The number of sulfonamides is 1. The third-order valence-electron chi connectivity index (χ3n) is 6.92. The minimum atomic E-state index is -3.83. The van der Waals surface area contributed by atoms with E-state index in [2.05, 4.69) is 19.7 Å². The molecule has 0 aliphatic carbocycles. The fraction of sp³-hybridized carbons (Fsp3) is 0.312. The highest BCUT2D eigenvalue weighted by Gasteiger charge is 2.30. The van der Waals surface area contributed by atoms with Gasteiger partial charge in [0.05, 0.1) is 24.1 Å². The van der Waals surface area contributed by atoms with Crippen LogP contribution < -0.4 is 9.46 Å². The fourth-order valence-corrected chi connectivity index (χ4v) is 5.75. The molecule has 0 saturated heterocycles. The van der Waals surface area contributed by atoms with E-state index in [0.29, 0.717) is 24.2 Å². The Hall–Kier alpha value is -4.55. The first-order chi connectivity index (χ1) is 21.0. The Labute approximate surface area is 257 Å². The number of aryl methyl sites for hydroxylation is 1. The number of anilines is 1. The molecule has 0 fully saturated rings. The zero-order chi connectivity index (χ0) is 31.3. The maximum atomic E-state index is 13.1. The molecule has 2 unspecified atom stereocenters. The fourth-order valence-electron chi connectivity index (χ4n) is 4.79. The lowest BCUT2D eigenvalue weighted by Gasteiger charge is -2.33. The quantitative estimate of drug-likeness (QED) is 0.265. The third-order valence-corrected chi connectivity index (χ3v) is 8.26. The molecule has 1 aliphatic rings. The second kappa shape index (κ2) is 13.0. The third kappa shape index (κ3) is 7.88. The Balaban J connectivity index is 1.26. The smallest absolute Gasteiger partial charge is 0.410 e. The van der Waals surface area contributed by atoms with Crippen molar-refractivity contribution in [2.75, 3.05) is 17.8 Å². The average Bonchev–Trinajstić information content (AvgIpc) is 3.00. The van der Waals surface area contributed by atoms with Crippen molar-refractivity contribution in [2.24, 2.45) is 0 Å². The minimum Gasteiger partial charge on any atom is -0.488 e. The van der Waals surface area contributed by atoms with Crippen molar-refractivity contribution in [3.05, 3.63) is 96.6 Å². The van der Waals surface area contributed by atoms with Crippen LogP contribution in [0.2, 0.25) is 0 Å². The van der Waals surface area contributed by atoms with E-state index in [1.165, 1.54) is 29.4 Å². The molecule has 230 valence electrons. The van der Waals surface area contributed by atoms with Gasteiger partial charge < -0.3 is 19.5 Å². The van der Waals surface area contributed by atoms with Crippen LogP contribution >= 0.6 is 0 Å². The monoisotopic (exact) mass is 617 g/mol. The summed E-state index contributed by atoms with van der Waals surface area (Å²) in [6, 6.07) is 17.5. The highest BCUT2D eigenvalue weighted by atomic mass is 32.2. The number of pyridine rings is 1. The van der Waals surface area contributed by atoms with Gasteiger partial charge >= 0.3 is 6.09 Å². The number of carbonyl (C=O) groups excluding carboxylic acids is 1. The molecule has 5 rings (SSSR count). The Morgan fingerprint density at radius 3 is 2.48 bits per heavy atom. The number of fused-ring (bicyclic) bond motifs is 1. The summed E-state index contributed by atoms with van der Waals surface area (Å²) in [6.45, 7) is 5.68. The first kappa shape index (κ1) is 30.9. The molecule has 12 heteroatoms. The van der Waals surface area contributed by atoms with E-state index in [4.69, 9.17) is 9.47 Å². The van der Waals surface area contributed by atoms with Crippen LogP contribution in [0.1, 0.15) is 44.4 Å². The standard InChI is InChI=1S/C32H35N5O6S/c1-32(2,3)43-31(39)37(21-28(38)25-6-4-15-33-19-25)20-26-11-7-24-18-23(10-14-29(24)42-26)22-8-12-27(13-9-22)44(40,41)36-30-34-16-5-17-35-30/h4-6,8-10,12-19,26,28,38H,7,11,20-21H2,1-3H3,(H,34,35,36). The van der Waals surface area contributed by atoms with Crippen molar-refractivity contribution in [2.45, 2.75) is 56.3 Å². The molecule has 4 aromatic rings. The summed E-state index contributed by atoms with van der Waals surface area (Å²) in [5.74, 6) is 0.719. The number of hydrogen-bond acceptors (Lipinski definition) is 9. The van der Waals surface area contributed by atoms with Crippen LogP contribution in [0.3, 0.4) is 0 Å². The number of amides is 1. The molecular weight excluding hydrogens is 582 g/mol. The number of carbonyl (C=O) groups is 1. The lowest BCUT2D eigenvalue weighted by molar-refractivity contribution is 0.00365. The number of aliphatic hydroxyl groups is 1. The number of hydrogen-bond donors (Lipinski definition) is 2. The lowest BCUT2D eigenvalue weighted by Crippen LogP contribution is -2.45. The summed E-state index contributed by atoms with van der Waals surface area (Å²) < 4.78 is 39.8. The molecule has 2 aromatic heterocycles. The highest BCUT2D eigenvalue weighted by molar-refractivity contribution is 7.92. The van der Waals surface area contributed by atoms with Crippen molar-refractivity contribution < 1.29 is 27.8 Å². The highest BCUT2D eigenvalue weighted by Crippen LogP contribution is 2.33. The van der Waals surface area contributed by atoms with Crippen LogP contribution in [0.15, 0.2) is 90.3 Å². The van der Waals surface area contributed by atoms with Gasteiger partial charge in [-0.2, -0.15) is 0 Å². The molecule has 2 N–H and O–H groups in total. The molecule has 2 atom stereocenters. The molecule has 0 radical (unpaired) electrons. The summed E-state index contributed by atoms with van der Waals surface area (Å²) in [6.07, 6.45) is 5.74. The van der Waals surface area contributed by atoms with Gasteiger partial charge in [-0.15, -0.1) is 0 Å². The number of aromatic nitrogens is 3. The van der Waals surface area contributed by atoms with E-state index in [9.17, 15) is 18.3 Å². The molecule has 11 nitrogen and oxygen atoms in total. The van der Waals surface area contributed by atoms with Gasteiger partial charge in [0.2, 0.25) is 5.95 Å². The molecule has 2 aromatic carbocycles. The molecule has 0 bridgehead atoms. The van der Waals surface area contributed by atoms with E-state index in [-0.39, 0.29) is 30.0 Å². The molecule has 3 heterocycles. The topological polar surface area (TPSA) is 144 Å². The average molecular weight is 618 g/mol. The normalized spacial score (nSPS) is 15.4. The van der Waals surface area contributed by atoms with Gasteiger partial charge in [0.15, 0.2) is 0 Å². The van der Waals surface area contributed by atoms with Crippen molar-refractivity contribution in [3.63, 3.8) is 0 Å². The molecule has 0 saturated carbocycles. The zero-order valence-corrected chi connectivity index (χ0v) is 25.6. The second-order valence-electron chi connectivity index (χ2n) is 11.5. The van der Waals surface area contributed by atoms with Crippen LogP contribution in [0.5, 0.6) is 5.75 Å². The first-order valence-electron chi connectivity index (χ1n) is 14.2. The van der Waals surface area contributed by atoms with Crippen molar-refractivity contribution in [1.82, 2.24) is 19.9 Å². The summed E-state index contributed by atoms with van der Waals surface area (Å²) >= 11 is 0. The van der Waals surface area contributed by atoms with E-state index < -0.39 is 27.8 Å². The maximum absolute atomic E-state index is 13.1. The van der Waals surface area contributed by atoms with Crippen molar-refractivity contribution in [1.29, 1.82) is 0 Å². The number of ether oxygens (including phenoxy) is 2. The Morgan fingerprint density at radius 1 is 1.07 bits per heavy atom. The van der Waals surface area contributed by atoms with Crippen molar-refractivity contribution in [3.8, 4) is 16.9 Å². The van der Waals surface area contributed by atoms with Gasteiger partial charge in [-0.05, 0) is 86.7 Å². The summed E-state index contributed by atoms with van der Waals surface area (Å²) in [5.41, 5.74) is 2.70. The van der Waals surface area contributed by atoms with E-state index in [1.54, 1.807) is 63.5 Å². The van der Waals surface area contributed by atoms with Crippen LogP contribution in [0.4, 0.5) is 10.7 Å². The Morgan fingerprint density at radius 2 is 1.80 bits per heavy atom. The van der Waals surface area contributed by atoms with Gasteiger partial charge in [0.1, 0.15) is 17.5 Å². The Kier molecular flexibility index (Phi) is 9.12. The lowest BCUT2D eigenvalue weighted by atomic mass is 9.97. The minimum absolute atomic E-state index is 0.00320. The SMILES string of the molecule is CC(C)(C)OC(=O)N(CC1CCc2cc(-c3ccc(S(=O)(=O)Nc4ncccn4)cc3)ccc2O1)CC(O)c1cccnc1. The molecule has 1 amide bonds. The molecular formula is C32H35N5O6S. The van der Waals surface area contributed by atoms with Crippen LogP contribution in [0.25, 0.3) is 11.1 Å². The van der Waals surface area contributed by atoms with Crippen LogP contribution in [-0.4, -0.2) is 64.3 Å². The van der Waals surface area contributed by atoms with Crippen LogP contribution in [0, 0.1) is 0 Å². The van der Waals surface area contributed by atoms with Gasteiger partial charge in [-0.1, -0.05) is 24.3 Å². The number of rotatable bonds is 9. The number of nitrogens with zero attached hydrogens (tertiary/aromatic N) is 4. The van der Waals surface area contributed by atoms with E-state index in [0.717, 1.165) is 16.7 Å². The van der Waals surface area contributed by atoms with E-state index >= 15 is 0 Å². The summed E-state index contributed by atoms with van der Waals surface area (Å²) in [7, 11) is -3.83. The maximum Gasteiger partial charge on any atom is 0.410 e. The van der Waals surface area contributed by atoms with Crippen molar-refractivity contribution >= 4 is 22.1 Å². The van der Waals surface area contributed by atoms with Gasteiger partial charge in [0.25, 0.3) is 10.0 Å². The molecule has 0 spiro atoms. The largest absolute Gasteiger partial charge is 0.488 e. The first-order valence-corrected chi connectivity index (χ1v) is 15.7. The zero-order valence-electron chi connectivity index (χ0n) is 24.8. The number of nitrogens with one attached hydrogen (secondary N) is 1. The molecule has 1 aliphatic heterocycles. The van der Waals surface area contributed by atoms with E-state index in [1.807, 2.05) is 18.2 Å². The predicted octanol–water partition coefficient (Wildman–Crippen LogP) is 5.00. The van der Waals surface area contributed by atoms with Gasteiger partial charge in [0, 0.05) is 30.4 Å². The second-order valence-corrected chi connectivity index (χ2v) is 13.2. The number of benzene rings is 2. The summed E-state index contributed by atoms with van der Waals surface area (Å²) in [5, 5.41) is 10.8. The Bertz CT molecular complexity index is 1680. The van der Waals surface area contributed by atoms with Crippen LogP contribution in [-0.2, 0) is 21.2 Å². The molecule has 44 heavy (non-hydrogen) atoms.